The minimum Gasteiger partial charge on any atom is -0.353 e. The molecule has 0 spiro atoms. The lowest BCUT2D eigenvalue weighted by Crippen LogP contribution is -2.39. The van der Waals surface area contributed by atoms with Gasteiger partial charge in [-0.3, -0.25) is 4.79 Å². The van der Waals surface area contributed by atoms with E-state index in [1.165, 1.54) is 0 Å². The molecule has 1 N–H and O–H groups in total. The molecule has 0 rings (SSSR count). The maximum Gasteiger partial charge on any atom is 0.389 e. The van der Waals surface area contributed by atoms with E-state index in [9.17, 15) is 18.0 Å². The summed E-state index contributed by atoms with van der Waals surface area (Å²) < 4.78 is 35.6. The van der Waals surface area contributed by atoms with Crippen molar-refractivity contribution in [2.24, 2.45) is 5.92 Å². The zero-order valence-corrected chi connectivity index (χ0v) is 11.0. The van der Waals surface area contributed by atoms with Crippen molar-refractivity contribution in [3.05, 3.63) is 0 Å². The first kappa shape index (κ1) is 15.7. The molecule has 6 heteroatoms. The SMILES string of the molecule is CC(C)C(CCBr)NC(=O)CCC(F)(F)F. The third kappa shape index (κ3) is 7.96. The number of carbonyl (C=O) groups is 1. The van der Waals surface area contributed by atoms with Crippen LogP contribution in [-0.4, -0.2) is 23.5 Å². The molecule has 0 aliphatic carbocycles. The molecular formula is C10H17BrF3NO. The zero-order valence-electron chi connectivity index (χ0n) is 9.40. The Bertz CT molecular complexity index is 219. The van der Waals surface area contributed by atoms with Crippen LogP contribution in [0.25, 0.3) is 0 Å². The molecule has 0 fully saturated rings. The Balaban J connectivity index is 4.00. The summed E-state index contributed by atoms with van der Waals surface area (Å²) in [6, 6.07) is -0.0693. The fourth-order valence-electron chi connectivity index (χ4n) is 1.22. The largest absolute Gasteiger partial charge is 0.389 e. The summed E-state index contributed by atoms with van der Waals surface area (Å²) in [6.07, 6.45) is -5.09. The topological polar surface area (TPSA) is 29.1 Å². The van der Waals surface area contributed by atoms with Crippen LogP contribution in [0.2, 0.25) is 0 Å². The van der Waals surface area contributed by atoms with Gasteiger partial charge in [-0.25, -0.2) is 0 Å². The van der Waals surface area contributed by atoms with E-state index in [0.717, 1.165) is 11.8 Å². The number of rotatable bonds is 6. The van der Waals surface area contributed by atoms with Gasteiger partial charge in [-0.1, -0.05) is 29.8 Å². The Morgan fingerprint density at radius 3 is 2.31 bits per heavy atom. The van der Waals surface area contributed by atoms with Crippen molar-refractivity contribution < 1.29 is 18.0 Å². The van der Waals surface area contributed by atoms with E-state index in [-0.39, 0.29) is 12.0 Å². The molecule has 0 aliphatic rings. The van der Waals surface area contributed by atoms with Crippen LogP contribution in [0.1, 0.15) is 33.1 Å². The highest BCUT2D eigenvalue weighted by atomic mass is 79.9. The maximum atomic E-state index is 11.9. The van der Waals surface area contributed by atoms with Gasteiger partial charge >= 0.3 is 6.18 Å². The molecule has 0 radical (unpaired) electrons. The molecule has 0 aromatic carbocycles. The van der Waals surface area contributed by atoms with Crippen LogP contribution in [0.15, 0.2) is 0 Å². The van der Waals surface area contributed by atoms with Crippen LogP contribution in [0.4, 0.5) is 13.2 Å². The highest BCUT2D eigenvalue weighted by molar-refractivity contribution is 9.09. The first-order chi connectivity index (χ1) is 7.26. The molecule has 0 saturated heterocycles. The van der Waals surface area contributed by atoms with Gasteiger partial charge in [0.1, 0.15) is 0 Å². The number of hydrogen-bond acceptors (Lipinski definition) is 1. The number of carbonyl (C=O) groups excluding carboxylic acids is 1. The molecule has 96 valence electrons. The Hall–Kier alpha value is -0.260. The Labute approximate surface area is 102 Å². The predicted octanol–water partition coefficient (Wildman–Crippen LogP) is 3.25. The predicted molar refractivity (Wildman–Crippen MR) is 60.5 cm³/mol. The number of halogens is 4. The van der Waals surface area contributed by atoms with E-state index in [4.69, 9.17) is 0 Å². The zero-order chi connectivity index (χ0) is 12.8. The first-order valence-electron chi connectivity index (χ1n) is 5.18. The molecule has 1 amide bonds. The van der Waals surface area contributed by atoms with Crippen LogP contribution in [0.3, 0.4) is 0 Å². The lowest BCUT2D eigenvalue weighted by Gasteiger charge is -2.21. The average molecular weight is 304 g/mol. The van der Waals surface area contributed by atoms with Crippen LogP contribution < -0.4 is 5.32 Å². The van der Waals surface area contributed by atoms with Gasteiger partial charge in [-0.05, 0) is 12.3 Å². The summed E-state index contributed by atoms with van der Waals surface area (Å²) in [5.74, 6) is -0.315. The monoisotopic (exact) mass is 303 g/mol. The van der Waals surface area contributed by atoms with E-state index in [0.29, 0.717) is 0 Å². The molecule has 0 aromatic heterocycles. The van der Waals surface area contributed by atoms with Crippen molar-refractivity contribution >= 4 is 21.8 Å². The second-order valence-corrected chi connectivity index (χ2v) is 4.80. The van der Waals surface area contributed by atoms with Gasteiger partial charge in [0.25, 0.3) is 0 Å². The van der Waals surface area contributed by atoms with Gasteiger partial charge < -0.3 is 5.32 Å². The van der Waals surface area contributed by atoms with E-state index in [1.807, 2.05) is 13.8 Å². The molecule has 1 atom stereocenters. The Morgan fingerprint density at radius 2 is 1.94 bits per heavy atom. The highest BCUT2D eigenvalue weighted by Crippen LogP contribution is 2.21. The minimum atomic E-state index is -4.26. The molecule has 0 bridgehead atoms. The van der Waals surface area contributed by atoms with Gasteiger partial charge in [0.2, 0.25) is 5.91 Å². The van der Waals surface area contributed by atoms with Gasteiger partial charge in [0, 0.05) is 17.8 Å². The lowest BCUT2D eigenvalue weighted by atomic mass is 10.0. The van der Waals surface area contributed by atoms with Gasteiger partial charge in [0.05, 0.1) is 6.42 Å². The number of amides is 1. The number of hydrogen-bond donors (Lipinski definition) is 1. The summed E-state index contributed by atoms with van der Waals surface area (Å²) in [4.78, 5) is 11.3. The van der Waals surface area contributed by atoms with Crippen LogP contribution in [-0.2, 0) is 4.79 Å². The molecule has 16 heavy (non-hydrogen) atoms. The molecule has 0 saturated carbocycles. The van der Waals surface area contributed by atoms with Crippen LogP contribution in [0.5, 0.6) is 0 Å². The Kier molecular flexibility index (Phi) is 7.03. The van der Waals surface area contributed by atoms with E-state index in [2.05, 4.69) is 21.2 Å². The third-order valence-electron chi connectivity index (χ3n) is 2.21. The van der Waals surface area contributed by atoms with Crippen molar-refractivity contribution in [1.29, 1.82) is 0 Å². The van der Waals surface area contributed by atoms with Crippen LogP contribution >= 0.6 is 15.9 Å². The molecule has 1 unspecified atom stereocenters. The second-order valence-electron chi connectivity index (χ2n) is 4.01. The van der Waals surface area contributed by atoms with Crippen LogP contribution in [0, 0.1) is 5.92 Å². The van der Waals surface area contributed by atoms with Gasteiger partial charge in [-0.15, -0.1) is 0 Å². The number of alkyl halides is 4. The van der Waals surface area contributed by atoms with Gasteiger partial charge in [0.15, 0.2) is 0 Å². The standard InChI is InChI=1S/C10H17BrF3NO/c1-7(2)8(4-6-11)15-9(16)3-5-10(12,13)14/h7-8H,3-6H2,1-2H3,(H,15,16). The molecule has 0 heterocycles. The van der Waals surface area contributed by atoms with E-state index < -0.39 is 24.9 Å². The maximum absolute atomic E-state index is 11.9. The number of nitrogens with one attached hydrogen (secondary N) is 1. The lowest BCUT2D eigenvalue weighted by molar-refractivity contribution is -0.144. The normalized spacial score (nSPS) is 13.9. The highest BCUT2D eigenvalue weighted by Gasteiger charge is 2.28. The summed E-state index contributed by atoms with van der Waals surface area (Å²) in [7, 11) is 0. The van der Waals surface area contributed by atoms with Gasteiger partial charge in [-0.2, -0.15) is 13.2 Å². The van der Waals surface area contributed by atoms with E-state index >= 15 is 0 Å². The smallest absolute Gasteiger partial charge is 0.353 e. The first-order valence-corrected chi connectivity index (χ1v) is 6.30. The Morgan fingerprint density at radius 1 is 1.38 bits per heavy atom. The molecular weight excluding hydrogens is 287 g/mol. The quantitative estimate of drug-likeness (QED) is 0.750. The van der Waals surface area contributed by atoms with Crippen molar-refractivity contribution in [3.8, 4) is 0 Å². The minimum absolute atomic E-state index is 0.0693. The summed E-state index contributed by atoms with van der Waals surface area (Å²) in [5.41, 5.74) is 0. The van der Waals surface area contributed by atoms with Crippen molar-refractivity contribution in [3.63, 3.8) is 0 Å². The molecule has 0 aromatic rings. The van der Waals surface area contributed by atoms with Crippen molar-refractivity contribution in [2.45, 2.75) is 45.3 Å². The fraction of sp³-hybridized carbons (Fsp3) is 0.900. The second kappa shape index (κ2) is 7.14. The van der Waals surface area contributed by atoms with Crippen molar-refractivity contribution in [2.75, 3.05) is 5.33 Å². The third-order valence-corrected chi connectivity index (χ3v) is 2.66. The van der Waals surface area contributed by atoms with E-state index in [1.54, 1.807) is 0 Å². The fourth-order valence-corrected chi connectivity index (χ4v) is 1.72. The summed E-state index contributed by atoms with van der Waals surface area (Å²) in [5, 5.41) is 3.34. The average Bonchev–Trinajstić information content (AvgIpc) is 2.13. The molecule has 2 nitrogen and oxygen atoms in total. The summed E-state index contributed by atoms with van der Waals surface area (Å²) in [6.45, 7) is 3.86. The summed E-state index contributed by atoms with van der Waals surface area (Å²) >= 11 is 3.25. The van der Waals surface area contributed by atoms with Crippen molar-refractivity contribution in [1.82, 2.24) is 5.32 Å². The molecule has 0 aliphatic heterocycles.